The zero-order valence-corrected chi connectivity index (χ0v) is 15.1. The second-order valence-electron chi connectivity index (χ2n) is 7.31. The molecule has 0 fully saturated rings. The molecular formula is C18H24FN5O. The van der Waals surface area contributed by atoms with Crippen LogP contribution in [-0.2, 0) is 5.41 Å². The van der Waals surface area contributed by atoms with Crippen LogP contribution >= 0.6 is 0 Å². The molecule has 0 aliphatic rings. The second-order valence-corrected chi connectivity index (χ2v) is 7.31. The number of likely N-dealkylation sites (N-methyl/N-ethyl adjacent to an activating group) is 1. The van der Waals surface area contributed by atoms with Crippen LogP contribution in [0.15, 0.2) is 18.3 Å². The standard InChI is InChI=1S/C18H24FN5O/c1-11-7-12(16(20)25)15-14(8-11)22-17-13(9-21-24(15)17)18(2,3)10-23(4)6-5-19/h7-9,21H,5-6,10H2,1-4H3,(H2,20,25). The lowest BCUT2D eigenvalue weighted by Gasteiger charge is -2.29. The second kappa shape index (κ2) is 6.15. The Labute approximate surface area is 145 Å². The maximum Gasteiger partial charge on any atom is 0.250 e. The van der Waals surface area contributed by atoms with E-state index in [0.29, 0.717) is 24.2 Å². The fourth-order valence-corrected chi connectivity index (χ4v) is 3.52. The monoisotopic (exact) mass is 345 g/mol. The SMILES string of the molecule is Cc1cc(C(N)=O)c2c(c1)nc1c(C(C)(C)CN(C)CCF)c[nH]n12. The first-order valence-corrected chi connectivity index (χ1v) is 8.29. The summed E-state index contributed by atoms with van der Waals surface area (Å²) in [6.45, 7) is 6.83. The van der Waals surface area contributed by atoms with Crippen molar-refractivity contribution in [1.82, 2.24) is 19.5 Å². The summed E-state index contributed by atoms with van der Waals surface area (Å²) < 4.78 is 14.4. The number of benzene rings is 1. The zero-order chi connectivity index (χ0) is 18.4. The van der Waals surface area contributed by atoms with E-state index in [2.05, 4.69) is 18.9 Å². The fourth-order valence-electron chi connectivity index (χ4n) is 3.52. The zero-order valence-electron chi connectivity index (χ0n) is 15.1. The first-order valence-electron chi connectivity index (χ1n) is 8.29. The van der Waals surface area contributed by atoms with Gasteiger partial charge in [0.2, 0.25) is 0 Å². The predicted molar refractivity (Wildman–Crippen MR) is 96.8 cm³/mol. The lowest BCUT2D eigenvalue weighted by molar-refractivity contribution is 0.100. The Kier molecular flexibility index (Phi) is 4.28. The minimum Gasteiger partial charge on any atom is -0.366 e. The van der Waals surface area contributed by atoms with Crippen molar-refractivity contribution in [3.63, 3.8) is 0 Å². The quantitative estimate of drug-likeness (QED) is 0.720. The summed E-state index contributed by atoms with van der Waals surface area (Å²) in [6, 6.07) is 3.72. The van der Waals surface area contributed by atoms with Crippen molar-refractivity contribution in [2.45, 2.75) is 26.2 Å². The molecule has 0 saturated heterocycles. The summed E-state index contributed by atoms with van der Waals surface area (Å²) in [4.78, 5) is 18.5. The van der Waals surface area contributed by atoms with Crippen LogP contribution in [0.2, 0.25) is 0 Å². The molecule has 0 bridgehead atoms. The molecule has 0 spiro atoms. The minimum atomic E-state index is -0.478. The Morgan fingerprint density at radius 2 is 2.16 bits per heavy atom. The van der Waals surface area contributed by atoms with Gasteiger partial charge in [0.1, 0.15) is 12.2 Å². The van der Waals surface area contributed by atoms with Crippen LogP contribution in [0.3, 0.4) is 0 Å². The van der Waals surface area contributed by atoms with Gasteiger partial charge in [-0.1, -0.05) is 13.8 Å². The molecule has 134 valence electrons. The number of alkyl halides is 1. The largest absolute Gasteiger partial charge is 0.366 e. The molecule has 2 aromatic heterocycles. The third kappa shape index (κ3) is 3.00. The summed E-state index contributed by atoms with van der Waals surface area (Å²) in [5, 5.41) is 3.19. The topological polar surface area (TPSA) is 79.4 Å². The highest BCUT2D eigenvalue weighted by atomic mass is 19.1. The molecule has 0 aliphatic carbocycles. The maximum atomic E-state index is 12.6. The molecular weight excluding hydrogens is 321 g/mol. The molecule has 3 rings (SSSR count). The number of aromatic nitrogens is 3. The number of hydrogen-bond donors (Lipinski definition) is 2. The molecule has 1 amide bonds. The van der Waals surface area contributed by atoms with E-state index >= 15 is 0 Å². The first kappa shape index (κ1) is 17.4. The molecule has 3 aromatic rings. The lowest BCUT2D eigenvalue weighted by Crippen LogP contribution is -2.35. The van der Waals surface area contributed by atoms with Crippen molar-refractivity contribution >= 4 is 22.6 Å². The van der Waals surface area contributed by atoms with E-state index in [-0.39, 0.29) is 12.1 Å². The van der Waals surface area contributed by atoms with Gasteiger partial charge in [-0.05, 0) is 31.7 Å². The summed E-state index contributed by atoms with van der Waals surface area (Å²) >= 11 is 0. The van der Waals surface area contributed by atoms with Gasteiger partial charge >= 0.3 is 0 Å². The molecule has 2 heterocycles. The molecule has 3 N–H and O–H groups in total. The van der Waals surface area contributed by atoms with Crippen molar-refractivity contribution in [3.8, 4) is 0 Å². The van der Waals surface area contributed by atoms with Gasteiger partial charge in [-0.2, -0.15) is 0 Å². The number of carbonyl (C=O) groups excluding carboxylic acids is 1. The Morgan fingerprint density at radius 1 is 1.44 bits per heavy atom. The summed E-state index contributed by atoms with van der Waals surface area (Å²) in [5.74, 6) is -0.478. The number of aromatic amines is 1. The Hall–Kier alpha value is -2.41. The van der Waals surface area contributed by atoms with Gasteiger partial charge in [-0.3, -0.25) is 9.89 Å². The normalized spacial score (nSPS) is 12.6. The van der Waals surface area contributed by atoms with E-state index in [0.717, 1.165) is 22.3 Å². The number of hydrogen-bond acceptors (Lipinski definition) is 3. The van der Waals surface area contributed by atoms with Gasteiger partial charge in [-0.15, -0.1) is 0 Å². The lowest BCUT2D eigenvalue weighted by atomic mass is 9.86. The van der Waals surface area contributed by atoms with Gasteiger partial charge in [0.15, 0.2) is 5.65 Å². The summed E-state index contributed by atoms with van der Waals surface area (Å²) in [6.07, 6.45) is 1.90. The van der Waals surface area contributed by atoms with Crippen LogP contribution in [-0.4, -0.2) is 52.2 Å². The van der Waals surface area contributed by atoms with Gasteiger partial charge in [0.05, 0.1) is 11.1 Å². The number of imidazole rings is 1. The number of aryl methyl sites for hydroxylation is 1. The van der Waals surface area contributed by atoms with E-state index < -0.39 is 5.91 Å². The van der Waals surface area contributed by atoms with Crippen LogP contribution in [0.25, 0.3) is 16.7 Å². The maximum absolute atomic E-state index is 12.6. The third-order valence-electron chi connectivity index (χ3n) is 4.60. The third-order valence-corrected chi connectivity index (χ3v) is 4.60. The molecule has 7 heteroatoms. The Bertz CT molecular complexity index is 940. The predicted octanol–water partition coefficient (Wildman–Crippen LogP) is 2.40. The molecule has 0 aliphatic heterocycles. The molecule has 1 aromatic carbocycles. The smallest absolute Gasteiger partial charge is 0.250 e. The van der Waals surface area contributed by atoms with Gasteiger partial charge in [0, 0.05) is 30.3 Å². The highest BCUT2D eigenvalue weighted by Gasteiger charge is 2.28. The van der Waals surface area contributed by atoms with E-state index in [9.17, 15) is 9.18 Å². The number of nitrogens with one attached hydrogen (secondary N) is 1. The molecule has 0 radical (unpaired) electrons. The number of nitrogens with two attached hydrogens (primary N) is 1. The van der Waals surface area contributed by atoms with Crippen molar-refractivity contribution < 1.29 is 9.18 Å². The van der Waals surface area contributed by atoms with Crippen LogP contribution in [0.5, 0.6) is 0 Å². The number of fused-ring (bicyclic) bond motifs is 3. The van der Waals surface area contributed by atoms with Crippen molar-refractivity contribution in [2.24, 2.45) is 5.73 Å². The highest BCUT2D eigenvalue weighted by molar-refractivity contribution is 6.05. The van der Waals surface area contributed by atoms with E-state index in [1.165, 1.54) is 0 Å². The molecule has 0 atom stereocenters. The van der Waals surface area contributed by atoms with Crippen molar-refractivity contribution in [1.29, 1.82) is 0 Å². The summed E-state index contributed by atoms with van der Waals surface area (Å²) in [7, 11) is 1.90. The number of halogens is 1. The van der Waals surface area contributed by atoms with E-state index in [1.807, 2.05) is 31.1 Å². The molecule has 25 heavy (non-hydrogen) atoms. The van der Waals surface area contributed by atoms with Gasteiger partial charge in [0.25, 0.3) is 5.91 Å². The average Bonchev–Trinajstić information content (AvgIpc) is 3.04. The van der Waals surface area contributed by atoms with Gasteiger partial charge < -0.3 is 10.6 Å². The van der Waals surface area contributed by atoms with Crippen LogP contribution < -0.4 is 5.73 Å². The van der Waals surface area contributed by atoms with Crippen molar-refractivity contribution in [3.05, 3.63) is 35.0 Å². The molecule has 6 nitrogen and oxygen atoms in total. The number of carbonyl (C=O) groups is 1. The van der Waals surface area contributed by atoms with E-state index in [1.54, 1.807) is 10.6 Å². The number of nitrogens with zero attached hydrogens (tertiary/aromatic N) is 3. The molecule has 0 unspecified atom stereocenters. The fraction of sp³-hybridized carbons (Fsp3) is 0.444. The molecule has 0 saturated carbocycles. The Balaban J connectivity index is 2.16. The number of primary amides is 1. The number of rotatable bonds is 6. The van der Waals surface area contributed by atoms with Crippen LogP contribution in [0.1, 0.15) is 35.3 Å². The summed E-state index contributed by atoms with van der Waals surface area (Å²) in [5.41, 5.74) is 9.90. The minimum absolute atomic E-state index is 0.242. The van der Waals surface area contributed by atoms with E-state index in [4.69, 9.17) is 10.7 Å². The number of amides is 1. The first-order chi connectivity index (χ1) is 11.7. The van der Waals surface area contributed by atoms with Crippen molar-refractivity contribution in [2.75, 3.05) is 26.8 Å². The average molecular weight is 345 g/mol. The Morgan fingerprint density at radius 3 is 2.80 bits per heavy atom. The van der Waals surface area contributed by atoms with Crippen LogP contribution in [0, 0.1) is 6.92 Å². The van der Waals surface area contributed by atoms with Gasteiger partial charge in [-0.25, -0.2) is 13.9 Å². The highest BCUT2D eigenvalue weighted by Crippen LogP contribution is 2.31. The van der Waals surface area contributed by atoms with Crippen LogP contribution in [0.4, 0.5) is 4.39 Å². The number of H-pyrrole nitrogens is 1.